The molecule has 7 heteroatoms. The fraction of sp³-hybridized carbons (Fsp3) is 0.444. The van der Waals surface area contributed by atoms with Crippen molar-refractivity contribution in [3.8, 4) is 11.5 Å². The van der Waals surface area contributed by atoms with Crippen molar-refractivity contribution in [2.45, 2.75) is 13.0 Å². The summed E-state index contributed by atoms with van der Waals surface area (Å²) in [5.74, 6) is 1.26. The molecule has 0 saturated heterocycles. The maximum absolute atomic E-state index is 11.8. The van der Waals surface area contributed by atoms with Crippen molar-refractivity contribution >= 4 is 11.4 Å². The molecule has 0 heterocycles. The van der Waals surface area contributed by atoms with E-state index in [2.05, 4.69) is 15.5 Å². The van der Waals surface area contributed by atoms with Gasteiger partial charge in [0.05, 0.1) is 14.2 Å². The Balaban J connectivity index is 1.98. The minimum atomic E-state index is -0.476. The number of nitrogens with zero attached hydrogens (tertiary/aromatic N) is 1. The molecule has 2 aromatic carbocycles. The number of hydrogen-bond acceptors (Lipinski definition) is 7. The van der Waals surface area contributed by atoms with Gasteiger partial charge in [-0.25, -0.2) is 0 Å². The molecule has 136 valence electrons. The van der Waals surface area contributed by atoms with Crippen molar-refractivity contribution in [3.05, 3.63) is 44.2 Å². The van der Waals surface area contributed by atoms with E-state index in [0.29, 0.717) is 36.0 Å². The summed E-state index contributed by atoms with van der Waals surface area (Å²) in [5.41, 5.74) is 0.716. The number of hydrogen-bond donors (Lipinski definition) is 2. The van der Waals surface area contributed by atoms with Crippen molar-refractivity contribution < 1.29 is 9.47 Å². The van der Waals surface area contributed by atoms with Crippen LogP contribution in [0.1, 0.15) is 12.0 Å². The van der Waals surface area contributed by atoms with Crippen molar-refractivity contribution in [1.29, 1.82) is 0 Å². The molecule has 25 heavy (non-hydrogen) atoms. The zero-order chi connectivity index (χ0) is 18.4. The van der Waals surface area contributed by atoms with Gasteiger partial charge in [-0.05, 0) is 44.8 Å². The van der Waals surface area contributed by atoms with Gasteiger partial charge in [-0.3, -0.25) is 9.59 Å². The van der Waals surface area contributed by atoms with Gasteiger partial charge in [0.25, 0.3) is 10.9 Å². The molecule has 2 rings (SSSR count). The van der Waals surface area contributed by atoms with Gasteiger partial charge in [-0.1, -0.05) is 6.07 Å². The van der Waals surface area contributed by atoms with Crippen LogP contribution in [0, 0.1) is 0 Å². The van der Waals surface area contributed by atoms with E-state index in [4.69, 9.17) is 9.47 Å². The summed E-state index contributed by atoms with van der Waals surface area (Å²) in [4.78, 5) is 25.6. The Labute approximate surface area is 147 Å². The van der Waals surface area contributed by atoms with Crippen molar-refractivity contribution in [1.82, 2.24) is 4.90 Å². The first-order valence-corrected chi connectivity index (χ1v) is 8.14. The molecule has 0 aliphatic rings. The van der Waals surface area contributed by atoms with E-state index in [1.54, 1.807) is 20.3 Å². The van der Waals surface area contributed by atoms with Crippen molar-refractivity contribution in [2.75, 3.05) is 52.0 Å². The van der Waals surface area contributed by atoms with Crippen LogP contribution in [0.15, 0.2) is 27.8 Å². The van der Waals surface area contributed by atoms with Gasteiger partial charge in [-0.2, -0.15) is 0 Å². The van der Waals surface area contributed by atoms with Crippen LogP contribution in [0.4, 0.5) is 11.4 Å². The van der Waals surface area contributed by atoms with E-state index in [9.17, 15) is 9.59 Å². The first-order valence-electron chi connectivity index (χ1n) is 8.14. The maximum Gasteiger partial charge on any atom is 0.253 e. The normalized spacial score (nSPS) is 10.9. The van der Waals surface area contributed by atoms with E-state index in [1.165, 1.54) is 0 Å². The first-order chi connectivity index (χ1) is 12.0. The van der Waals surface area contributed by atoms with E-state index in [-0.39, 0.29) is 0 Å². The molecular formula is C18H25N3O4. The summed E-state index contributed by atoms with van der Waals surface area (Å²) in [5, 5.41) is 6.10. The highest BCUT2D eigenvalue weighted by atomic mass is 16.5. The van der Waals surface area contributed by atoms with E-state index in [0.717, 1.165) is 18.5 Å². The Bertz CT molecular complexity index is 779. The summed E-state index contributed by atoms with van der Waals surface area (Å²) in [6, 6.07) is 5.52. The van der Waals surface area contributed by atoms with Crippen LogP contribution in [0.5, 0.6) is 11.5 Å². The maximum atomic E-state index is 11.8. The van der Waals surface area contributed by atoms with Gasteiger partial charge in [0.2, 0.25) is 0 Å². The van der Waals surface area contributed by atoms with Gasteiger partial charge in [0.1, 0.15) is 11.4 Å². The molecule has 0 bridgehead atoms. The zero-order valence-corrected chi connectivity index (χ0v) is 15.1. The summed E-state index contributed by atoms with van der Waals surface area (Å²) >= 11 is 0. The van der Waals surface area contributed by atoms with E-state index >= 15 is 0 Å². The molecule has 2 N–H and O–H groups in total. The zero-order valence-electron chi connectivity index (χ0n) is 15.1. The highest BCUT2D eigenvalue weighted by Gasteiger charge is 2.20. The fourth-order valence-electron chi connectivity index (χ4n) is 2.52. The second kappa shape index (κ2) is 8.53. The van der Waals surface area contributed by atoms with Gasteiger partial charge in [0, 0.05) is 13.1 Å². The smallest absolute Gasteiger partial charge is 0.253 e. The lowest BCUT2D eigenvalue weighted by atomic mass is 10.1. The van der Waals surface area contributed by atoms with Crippen molar-refractivity contribution in [3.63, 3.8) is 0 Å². The summed E-state index contributed by atoms with van der Waals surface area (Å²) in [7, 11) is 7.13. The molecule has 2 aromatic rings. The van der Waals surface area contributed by atoms with Crippen LogP contribution in [0.3, 0.4) is 0 Å². The second-order valence-electron chi connectivity index (χ2n) is 6.03. The lowest BCUT2D eigenvalue weighted by molar-refractivity contribution is 0.354. The number of ether oxygens (including phenoxy) is 2. The molecule has 0 fully saturated rings. The van der Waals surface area contributed by atoms with Crippen molar-refractivity contribution in [2.24, 2.45) is 0 Å². The van der Waals surface area contributed by atoms with Crippen LogP contribution in [0.25, 0.3) is 0 Å². The fourth-order valence-corrected chi connectivity index (χ4v) is 2.52. The van der Waals surface area contributed by atoms with Crippen LogP contribution in [0.2, 0.25) is 0 Å². The molecule has 7 nitrogen and oxygen atoms in total. The van der Waals surface area contributed by atoms with Gasteiger partial charge >= 0.3 is 0 Å². The topological polar surface area (TPSA) is 79.9 Å². The molecule has 0 unspecified atom stereocenters. The Morgan fingerprint density at radius 3 is 2.20 bits per heavy atom. The average molecular weight is 347 g/mol. The number of rotatable bonds is 10. The molecule has 0 saturated carbocycles. The molecule has 0 radical (unpaired) electrons. The Kier molecular flexibility index (Phi) is 6.41. The average Bonchev–Trinajstić information content (AvgIpc) is 2.62. The number of methoxy groups -OCH3 is 2. The van der Waals surface area contributed by atoms with E-state index in [1.807, 2.05) is 26.2 Å². The highest BCUT2D eigenvalue weighted by Crippen LogP contribution is 2.28. The predicted octanol–water partition coefficient (Wildman–Crippen LogP) is 1.28. The molecule has 0 spiro atoms. The van der Waals surface area contributed by atoms with Gasteiger partial charge in [-0.15, -0.1) is 0 Å². The summed E-state index contributed by atoms with van der Waals surface area (Å²) in [6.45, 7) is 1.97. The standard InChI is InChI=1S/C18H25N3O4/c1-21(2)9-5-8-19-15-16(18(23)17(15)22)20-11-12-6-7-13(24-3)14(10-12)25-4/h6-7,10,19-20H,5,8-9,11H2,1-4H3. The van der Waals surface area contributed by atoms with Gasteiger partial charge in [0.15, 0.2) is 11.5 Å². The number of anilines is 2. The summed E-state index contributed by atoms with van der Waals surface area (Å²) in [6.07, 6.45) is 0.890. The number of benzene rings is 1. The minimum Gasteiger partial charge on any atom is -0.493 e. The lowest BCUT2D eigenvalue weighted by Crippen LogP contribution is -2.37. The quantitative estimate of drug-likeness (QED) is 0.495. The summed E-state index contributed by atoms with van der Waals surface area (Å²) < 4.78 is 10.5. The van der Waals surface area contributed by atoms with Crippen LogP contribution >= 0.6 is 0 Å². The molecule has 0 aliphatic heterocycles. The molecule has 0 aromatic heterocycles. The van der Waals surface area contributed by atoms with Crippen LogP contribution < -0.4 is 31.0 Å². The van der Waals surface area contributed by atoms with Crippen LogP contribution in [-0.2, 0) is 6.54 Å². The van der Waals surface area contributed by atoms with E-state index < -0.39 is 10.9 Å². The van der Waals surface area contributed by atoms with Gasteiger partial charge < -0.3 is 25.0 Å². The third kappa shape index (κ3) is 4.51. The first kappa shape index (κ1) is 18.8. The molecular weight excluding hydrogens is 322 g/mol. The third-order valence-electron chi connectivity index (χ3n) is 3.91. The minimum absolute atomic E-state index is 0.352. The Morgan fingerprint density at radius 1 is 0.960 bits per heavy atom. The molecule has 0 amide bonds. The lowest BCUT2D eigenvalue weighted by Gasteiger charge is -2.16. The largest absolute Gasteiger partial charge is 0.493 e. The SMILES string of the molecule is COc1ccc(CNc2c(NCCCN(C)C)c(=O)c2=O)cc1OC. The Hall–Kier alpha value is -2.54. The monoisotopic (exact) mass is 347 g/mol. The number of nitrogens with one attached hydrogen (secondary N) is 2. The van der Waals surface area contributed by atoms with Crippen LogP contribution in [-0.4, -0.2) is 46.3 Å². The molecule has 0 atom stereocenters. The highest BCUT2D eigenvalue weighted by molar-refractivity contribution is 5.74. The third-order valence-corrected chi connectivity index (χ3v) is 3.91. The second-order valence-corrected chi connectivity index (χ2v) is 6.03. The predicted molar refractivity (Wildman–Crippen MR) is 99.9 cm³/mol. The Morgan fingerprint density at radius 2 is 1.60 bits per heavy atom. The molecule has 0 aliphatic carbocycles.